The van der Waals surface area contributed by atoms with Gasteiger partial charge in [0.15, 0.2) is 0 Å². The number of anilines is 1. The summed E-state index contributed by atoms with van der Waals surface area (Å²) in [4.78, 5) is 23.8. The topological polar surface area (TPSA) is 67.8 Å². The third-order valence-corrected chi connectivity index (χ3v) is 4.63. The second-order valence-electron chi connectivity index (χ2n) is 6.72. The van der Waals surface area contributed by atoms with E-state index in [0.717, 1.165) is 23.9 Å². The minimum absolute atomic E-state index is 0.318. The maximum absolute atomic E-state index is 13.2. The van der Waals surface area contributed by atoms with Gasteiger partial charge in [-0.15, -0.1) is 0 Å². The number of nitrogens with zero attached hydrogens (tertiary/aromatic N) is 3. The molecule has 154 valence electrons. The van der Waals surface area contributed by atoms with Crippen molar-refractivity contribution in [2.75, 3.05) is 5.32 Å². The van der Waals surface area contributed by atoms with E-state index in [1.54, 1.807) is 36.5 Å². The molecule has 4 rings (SSSR count). The number of amides is 1. The number of nitrogens with one attached hydrogen (secondary N) is 1. The van der Waals surface area contributed by atoms with Crippen LogP contribution in [-0.4, -0.2) is 20.9 Å². The number of benzene rings is 2. The Kier molecular flexibility index (Phi) is 5.21. The van der Waals surface area contributed by atoms with E-state index >= 15 is 0 Å². The molecule has 2 aromatic carbocycles. The quantitative estimate of drug-likeness (QED) is 0.443. The highest BCUT2D eigenvalue weighted by molar-refractivity contribution is 6.01. The summed E-state index contributed by atoms with van der Waals surface area (Å²) in [6.07, 6.45) is 1.84. The van der Waals surface area contributed by atoms with Crippen LogP contribution in [0.25, 0.3) is 33.2 Å². The summed E-state index contributed by atoms with van der Waals surface area (Å²) in [5, 5.41) is 3.36. The molecule has 0 saturated carbocycles. The average molecular weight is 420 g/mol. The number of hydrogen-bond acceptors (Lipinski definition) is 4. The van der Waals surface area contributed by atoms with Crippen molar-refractivity contribution in [1.82, 2.24) is 15.0 Å². The van der Waals surface area contributed by atoms with E-state index in [9.17, 15) is 18.0 Å². The fourth-order valence-electron chi connectivity index (χ4n) is 3.20. The predicted octanol–water partition coefficient (Wildman–Crippen LogP) is 5.50. The van der Waals surface area contributed by atoms with E-state index in [0.29, 0.717) is 33.3 Å². The van der Waals surface area contributed by atoms with Gasteiger partial charge in [0.1, 0.15) is 6.33 Å². The molecular formula is C23H15F3N4O. The Labute approximate surface area is 175 Å². The fourth-order valence-corrected chi connectivity index (χ4v) is 3.20. The van der Waals surface area contributed by atoms with Crippen molar-refractivity contribution in [3.63, 3.8) is 0 Å². The van der Waals surface area contributed by atoms with Crippen LogP contribution in [0.1, 0.15) is 5.56 Å². The van der Waals surface area contributed by atoms with Crippen LogP contribution in [0.4, 0.5) is 18.9 Å². The predicted molar refractivity (Wildman–Crippen MR) is 112 cm³/mol. The van der Waals surface area contributed by atoms with E-state index in [1.807, 2.05) is 6.07 Å². The van der Waals surface area contributed by atoms with E-state index in [1.165, 1.54) is 12.5 Å². The largest absolute Gasteiger partial charge is 0.417 e. The van der Waals surface area contributed by atoms with E-state index < -0.39 is 11.7 Å². The monoisotopic (exact) mass is 420 g/mol. The Bertz CT molecular complexity index is 1300. The molecule has 31 heavy (non-hydrogen) atoms. The first kappa shape index (κ1) is 20.2. The number of aromatic nitrogens is 3. The van der Waals surface area contributed by atoms with Crippen LogP contribution in [0.3, 0.4) is 0 Å². The molecule has 0 radical (unpaired) electrons. The van der Waals surface area contributed by atoms with Crippen LogP contribution in [-0.2, 0) is 11.0 Å². The molecule has 8 heteroatoms. The lowest BCUT2D eigenvalue weighted by Crippen LogP contribution is -2.07. The Morgan fingerprint density at radius 2 is 1.81 bits per heavy atom. The lowest BCUT2D eigenvalue weighted by Gasteiger charge is -2.12. The van der Waals surface area contributed by atoms with Gasteiger partial charge < -0.3 is 5.32 Å². The van der Waals surface area contributed by atoms with Gasteiger partial charge in [-0.1, -0.05) is 18.7 Å². The normalized spacial score (nSPS) is 11.3. The lowest BCUT2D eigenvalue weighted by atomic mass is 9.96. The van der Waals surface area contributed by atoms with Gasteiger partial charge in [-0.05, 0) is 47.5 Å². The summed E-state index contributed by atoms with van der Waals surface area (Å²) < 4.78 is 39.5. The van der Waals surface area contributed by atoms with Gasteiger partial charge >= 0.3 is 6.18 Å². The van der Waals surface area contributed by atoms with Crippen LogP contribution >= 0.6 is 0 Å². The third kappa shape index (κ3) is 4.28. The van der Waals surface area contributed by atoms with Crippen molar-refractivity contribution < 1.29 is 18.0 Å². The Hall–Kier alpha value is -4.07. The van der Waals surface area contributed by atoms with Gasteiger partial charge in [0.2, 0.25) is 5.91 Å². The van der Waals surface area contributed by atoms with E-state index in [2.05, 4.69) is 26.8 Å². The lowest BCUT2D eigenvalue weighted by molar-refractivity contribution is -0.137. The SMILES string of the molecule is C=CC(=O)Nc1cccc(-c2cc(-c3cncc(C(F)(F)F)c3)cc3cncnc23)c1. The van der Waals surface area contributed by atoms with Gasteiger partial charge in [-0.3, -0.25) is 9.78 Å². The number of hydrogen-bond donors (Lipinski definition) is 1. The van der Waals surface area contributed by atoms with Crippen molar-refractivity contribution in [3.05, 3.63) is 85.6 Å². The number of carbonyl (C=O) groups is 1. The van der Waals surface area contributed by atoms with Crippen LogP contribution in [0.2, 0.25) is 0 Å². The first-order valence-corrected chi connectivity index (χ1v) is 9.15. The summed E-state index contributed by atoms with van der Waals surface area (Å²) in [6.45, 7) is 3.43. The molecule has 5 nitrogen and oxygen atoms in total. The highest BCUT2D eigenvalue weighted by Crippen LogP contribution is 2.36. The number of fused-ring (bicyclic) bond motifs is 1. The standard InChI is InChI=1S/C23H15F3N4O/c1-2-21(31)30-19-5-3-4-14(8-19)20-9-15(6-17-11-28-13-29-22(17)20)16-7-18(12-27-10-16)23(24,25)26/h2-13H,1H2,(H,30,31). The number of carbonyl (C=O) groups excluding carboxylic acids is 1. The molecule has 0 bridgehead atoms. The van der Waals surface area contributed by atoms with Crippen LogP contribution in [0.15, 0.2) is 80.0 Å². The fraction of sp³-hybridized carbons (Fsp3) is 0.0435. The van der Waals surface area contributed by atoms with Gasteiger partial charge in [-0.25, -0.2) is 9.97 Å². The molecule has 0 aliphatic rings. The Balaban J connectivity index is 1.88. The van der Waals surface area contributed by atoms with Crippen molar-refractivity contribution in [2.24, 2.45) is 0 Å². The smallest absolute Gasteiger partial charge is 0.323 e. The first-order valence-electron chi connectivity index (χ1n) is 9.15. The van der Waals surface area contributed by atoms with Gasteiger partial charge in [0.25, 0.3) is 0 Å². The maximum atomic E-state index is 13.2. The molecule has 2 heterocycles. The van der Waals surface area contributed by atoms with Crippen molar-refractivity contribution in [3.8, 4) is 22.3 Å². The van der Waals surface area contributed by atoms with Gasteiger partial charge in [0.05, 0.1) is 11.1 Å². The summed E-state index contributed by atoms with van der Waals surface area (Å²) in [6, 6.07) is 11.6. The second-order valence-corrected chi connectivity index (χ2v) is 6.72. The molecule has 0 aliphatic carbocycles. The average Bonchev–Trinajstić information content (AvgIpc) is 2.78. The summed E-state index contributed by atoms with van der Waals surface area (Å²) >= 11 is 0. The molecule has 2 aromatic heterocycles. The molecule has 0 fully saturated rings. The van der Waals surface area contributed by atoms with Crippen molar-refractivity contribution in [1.29, 1.82) is 0 Å². The highest BCUT2D eigenvalue weighted by Gasteiger charge is 2.31. The zero-order valence-corrected chi connectivity index (χ0v) is 16.0. The molecule has 1 N–H and O–H groups in total. The summed E-state index contributed by atoms with van der Waals surface area (Å²) in [5.74, 6) is -0.354. The molecule has 1 amide bonds. The summed E-state index contributed by atoms with van der Waals surface area (Å²) in [5.41, 5.74) is 2.62. The maximum Gasteiger partial charge on any atom is 0.417 e. The van der Waals surface area contributed by atoms with Gasteiger partial charge in [0, 0.05) is 40.8 Å². The van der Waals surface area contributed by atoms with Crippen LogP contribution in [0.5, 0.6) is 0 Å². The summed E-state index contributed by atoms with van der Waals surface area (Å²) in [7, 11) is 0. The number of halogens is 3. The molecular weight excluding hydrogens is 405 g/mol. The van der Waals surface area contributed by atoms with Crippen molar-refractivity contribution in [2.45, 2.75) is 6.18 Å². The van der Waals surface area contributed by atoms with E-state index in [4.69, 9.17) is 0 Å². The van der Waals surface area contributed by atoms with Crippen LogP contribution in [0, 0.1) is 0 Å². The van der Waals surface area contributed by atoms with E-state index in [-0.39, 0.29) is 5.91 Å². The molecule has 0 unspecified atom stereocenters. The molecule has 0 aliphatic heterocycles. The molecule has 0 atom stereocenters. The minimum atomic E-state index is -4.50. The molecule has 0 saturated heterocycles. The van der Waals surface area contributed by atoms with Crippen molar-refractivity contribution >= 4 is 22.5 Å². The number of pyridine rings is 1. The third-order valence-electron chi connectivity index (χ3n) is 4.63. The molecule has 0 spiro atoms. The second kappa shape index (κ2) is 7.98. The van der Waals surface area contributed by atoms with Crippen LogP contribution < -0.4 is 5.32 Å². The van der Waals surface area contributed by atoms with Gasteiger partial charge in [-0.2, -0.15) is 13.2 Å². The zero-order valence-electron chi connectivity index (χ0n) is 16.0. The number of alkyl halides is 3. The molecule has 4 aromatic rings. The number of rotatable bonds is 4. The first-order chi connectivity index (χ1) is 14.8. The Morgan fingerprint density at radius 3 is 2.58 bits per heavy atom. The minimum Gasteiger partial charge on any atom is -0.323 e. The zero-order chi connectivity index (χ0) is 22.0. The Morgan fingerprint density at radius 1 is 0.968 bits per heavy atom. The highest BCUT2D eigenvalue weighted by atomic mass is 19.4.